The van der Waals surface area contributed by atoms with Gasteiger partial charge in [0.05, 0.1) is 0 Å². The van der Waals surface area contributed by atoms with E-state index in [9.17, 15) is 4.79 Å². The molecule has 2 nitrogen and oxygen atoms in total. The maximum atomic E-state index is 12.0. The summed E-state index contributed by atoms with van der Waals surface area (Å²) in [6.45, 7) is 3.17. The number of amides is 1. The van der Waals surface area contributed by atoms with Gasteiger partial charge in [0.2, 0.25) is 5.91 Å². The van der Waals surface area contributed by atoms with Crippen molar-refractivity contribution in [2.45, 2.75) is 51.9 Å². The maximum Gasteiger partial charge on any atom is 0.223 e. The first-order valence-corrected chi connectivity index (χ1v) is 7.91. The molecule has 4 bridgehead atoms. The minimum absolute atomic E-state index is 0.346. The van der Waals surface area contributed by atoms with Crippen molar-refractivity contribution in [3.8, 4) is 0 Å². The lowest BCUT2D eigenvalue weighted by molar-refractivity contribution is -0.124. The molecule has 0 heterocycles. The standard InChI is InChI=1S/C16H25NO/c1-10-2-14(10)15(18)17-9-16-6-11-3-12(7-16)5-13(4-11)8-16/h10-14H,2-9H2,1H3,(H,17,18)/t10-,11?,12?,13?,14-,16?/m1/s1. The van der Waals surface area contributed by atoms with Gasteiger partial charge in [-0.3, -0.25) is 4.79 Å². The topological polar surface area (TPSA) is 29.1 Å². The highest BCUT2D eigenvalue weighted by Gasteiger charge is 2.51. The number of rotatable bonds is 3. The molecule has 100 valence electrons. The molecule has 0 unspecified atom stereocenters. The van der Waals surface area contributed by atoms with Gasteiger partial charge in [0, 0.05) is 12.5 Å². The zero-order valence-corrected chi connectivity index (χ0v) is 11.5. The lowest BCUT2D eigenvalue weighted by Gasteiger charge is -2.56. The highest BCUT2D eigenvalue weighted by Crippen LogP contribution is 2.59. The Morgan fingerprint density at radius 1 is 1.06 bits per heavy atom. The molecule has 1 N–H and O–H groups in total. The van der Waals surface area contributed by atoms with E-state index in [1.807, 2.05) is 0 Å². The van der Waals surface area contributed by atoms with Crippen molar-refractivity contribution < 1.29 is 4.79 Å². The third-order valence-corrected chi connectivity index (χ3v) is 6.25. The van der Waals surface area contributed by atoms with Gasteiger partial charge in [0.25, 0.3) is 0 Å². The van der Waals surface area contributed by atoms with Gasteiger partial charge in [-0.15, -0.1) is 0 Å². The Bertz CT molecular complexity index is 340. The fourth-order valence-corrected chi connectivity index (χ4v) is 5.60. The number of carbonyl (C=O) groups is 1. The summed E-state index contributed by atoms with van der Waals surface area (Å²) < 4.78 is 0. The summed E-state index contributed by atoms with van der Waals surface area (Å²) in [6, 6.07) is 0. The van der Waals surface area contributed by atoms with Crippen LogP contribution in [-0.4, -0.2) is 12.5 Å². The van der Waals surface area contributed by atoms with Crippen LogP contribution in [0, 0.1) is 35.0 Å². The average Bonchev–Trinajstić information content (AvgIpc) is 3.02. The lowest BCUT2D eigenvalue weighted by atomic mass is 9.49. The Kier molecular flexibility index (Phi) is 2.35. The van der Waals surface area contributed by atoms with Gasteiger partial charge in [-0.1, -0.05) is 6.92 Å². The van der Waals surface area contributed by atoms with Crippen molar-refractivity contribution in [2.75, 3.05) is 6.54 Å². The van der Waals surface area contributed by atoms with E-state index < -0.39 is 0 Å². The molecule has 5 fully saturated rings. The van der Waals surface area contributed by atoms with E-state index in [-0.39, 0.29) is 0 Å². The van der Waals surface area contributed by atoms with Crippen molar-refractivity contribution in [3.63, 3.8) is 0 Å². The quantitative estimate of drug-likeness (QED) is 0.816. The van der Waals surface area contributed by atoms with Crippen LogP contribution in [0.3, 0.4) is 0 Å². The van der Waals surface area contributed by atoms with Gasteiger partial charge >= 0.3 is 0 Å². The molecule has 5 aliphatic carbocycles. The fraction of sp³-hybridized carbons (Fsp3) is 0.938. The van der Waals surface area contributed by atoms with Crippen LogP contribution in [0.15, 0.2) is 0 Å². The third kappa shape index (κ3) is 1.80. The van der Waals surface area contributed by atoms with Crippen LogP contribution in [0.4, 0.5) is 0 Å². The van der Waals surface area contributed by atoms with Crippen molar-refractivity contribution in [1.29, 1.82) is 0 Å². The zero-order chi connectivity index (χ0) is 12.3. The molecule has 0 saturated heterocycles. The molecule has 2 heteroatoms. The highest BCUT2D eigenvalue weighted by atomic mass is 16.2. The van der Waals surface area contributed by atoms with Crippen molar-refractivity contribution in [3.05, 3.63) is 0 Å². The van der Waals surface area contributed by atoms with E-state index in [1.165, 1.54) is 38.5 Å². The molecule has 5 rings (SSSR count). The van der Waals surface area contributed by atoms with Crippen LogP contribution in [0.2, 0.25) is 0 Å². The number of nitrogens with one attached hydrogen (secondary N) is 1. The molecule has 0 spiro atoms. The second-order valence-electron chi connectivity index (χ2n) is 7.95. The molecule has 18 heavy (non-hydrogen) atoms. The first kappa shape index (κ1) is 11.3. The third-order valence-electron chi connectivity index (χ3n) is 6.25. The molecule has 0 aromatic rings. The van der Waals surface area contributed by atoms with Crippen LogP contribution in [0.1, 0.15) is 51.9 Å². The molecule has 5 saturated carbocycles. The number of hydrogen-bond acceptors (Lipinski definition) is 1. The average molecular weight is 247 g/mol. The van der Waals surface area contributed by atoms with E-state index in [4.69, 9.17) is 0 Å². The van der Waals surface area contributed by atoms with Gasteiger partial charge in [-0.05, 0) is 74.0 Å². The molecule has 0 aromatic heterocycles. The van der Waals surface area contributed by atoms with Gasteiger partial charge in [0.1, 0.15) is 0 Å². The first-order chi connectivity index (χ1) is 8.63. The highest BCUT2D eigenvalue weighted by molar-refractivity contribution is 5.81. The molecular weight excluding hydrogens is 222 g/mol. The Morgan fingerprint density at radius 2 is 1.56 bits per heavy atom. The monoisotopic (exact) mass is 247 g/mol. The largest absolute Gasteiger partial charge is 0.355 e. The Hall–Kier alpha value is -0.530. The van der Waals surface area contributed by atoms with Gasteiger partial charge in [-0.25, -0.2) is 0 Å². The summed E-state index contributed by atoms with van der Waals surface area (Å²) in [5, 5.41) is 3.29. The first-order valence-electron chi connectivity index (χ1n) is 7.91. The smallest absolute Gasteiger partial charge is 0.223 e. The Balaban J connectivity index is 1.40. The number of carbonyl (C=O) groups excluding carboxylic acids is 1. The SMILES string of the molecule is C[C@@H]1C[C@H]1C(=O)NCC12CC3CC(CC(C3)C1)C2. The fourth-order valence-electron chi connectivity index (χ4n) is 5.60. The van der Waals surface area contributed by atoms with Crippen molar-refractivity contribution in [1.82, 2.24) is 5.32 Å². The van der Waals surface area contributed by atoms with E-state index in [1.54, 1.807) is 0 Å². The van der Waals surface area contributed by atoms with Crippen molar-refractivity contribution in [2.24, 2.45) is 35.0 Å². The molecule has 0 aromatic carbocycles. The van der Waals surface area contributed by atoms with Crippen LogP contribution >= 0.6 is 0 Å². The van der Waals surface area contributed by atoms with Crippen LogP contribution < -0.4 is 5.32 Å². The zero-order valence-electron chi connectivity index (χ0n) is 11.5. The molecule has 1 amide bonds. The Morgan fingerprint density at radius 3 is 2.00 bits per heavy atom. The minimum atomic E-state index is 0.346. The summed E-state index contributed by atoms with van der Waals surface area (Å²) in [5.41, 5.74) is 0.503. The molecule has 2 atom stereocenters. The Labute approximate surface area is 110 Å². The minimum Gasteiger partial charge on any atom is -0.355 e. The maximum absolute atomic E-state index is 12.0. The van der Waals surface area contributed by atoms with Gasteiger partial charge in [0.15, 0.2) is 0 Å². The second kappa shape index (κ2) is 3.74. The predicted molar refractivity (Wildman–Crippen MR) is 70.9 cm³/mol. The van der Waals surface area contributed by atoms with E-state index >= 15 is 0 Å². The van der Waals surface area contributed by atoms with Crippen LogP contribution in [-0.2, 0) is 4.79 Å². The van der Waals surface area contributed by atoms with E-state index in [0.717, 1.165) is 30.7 Å². The predicted octanol–water partition coefficient (Wildman–Crippen LogP) is 2.98. The van der Waals surface area contributed by atoms with Crippen LogP contribution in [0.5, 0.6) is 0 Å². The van der Waals surface area contributed by atoms with Crippen LogP contribution in [0.25, 0.3) is 0 Å². The lowest BCUT2D eigenvalue weighted by Crippen LogP contribution is -2.51. The number of hydrogen-bond donors (Lipinski definition) is 1. The second-order valence-corrected chi connectivity index (χ2v) is 7.95. The van der Waals surface area contributed by atoms with Gasteiger partial charge < -0.3 is 5.32 Å². The molecule has 0 aliphatic heterocycles. The van der Waals surface area contributed by atoms with E-state index in [2.05, 4.69) is 12.2 Å². The summed E-state index contributed by atoms with van der Waals surface area (Å²) in [6.07, 6.45) is 9.80. The summed E-state index contributed by atoms with van der Waals surface area (Å²) >= 11 is 0. The summed E-state index contributed by atoms with van der Waals surface area (Å²) in [5.74, 6) is 4.31. The summed E-state index contributed by atoms with van der Waals surface area (Å²) in [4.78, 5) is 12.0. The molecular formula is C16H25NO. The molecule has 0 radical (unpaired) electrons. The van der Waals surface area contributed by atoms with Gasteiger partial charge in [-0.2, -0.15) is 0 Å². The summed E-state index contributed by atoms with van der Waals surface area (Å²) in [7, 11) is 0. The molecule has 5 aliphatic rings. The normalized spacial score (nSPS) is 52.4. The van der Waals surface area contributed by atoms with Crippen molar-refractivity contribution >= 4 is 5.91 Å². The van der Waals surface area contributed by atoms with E-state index in [0.29, 0.717) is 23.2 Å².